The monoisotopic (exact) mass is 1080 g/mol. The van der Waals surface area contributed by atoms with Crippen molar-refractivity contribution in [3.8, 4) is 23.0 Å². The van der Waals surface area contributed by atoms with Crippen molar-refractivity contribution in [3.05, 3.63) is 277 Å². The molecule has 0 aromatic heterocycles. The number of fused-ring (bicyclic) bond motifs is 5. The van der Waals surface area contributed by atoms with Gasteiger partial charge < -0.3 is 9.47 Å². The second-order valence-corrected chi connectivity index (χ2v) is 19.9. The van der Waals surface area contributed by atoms with Gasteiger partial charge in [-0.15, -0.1) is 0 Å². The van der Waals surface area contributed by atoms with E-state index in [-0.39, 0.29) is 40.9 Å². The molecule has 1 saturated carbocycles. The summed E-state index contributed by atoms with van der Waals surface area (Å²) in [7, 11) is 0. The highest BCUT2D eigenvalue weighted by atomic mass is 16.5. The Balaban J connectivity index is 0.000000289. The minimum Gasteiger partial charge on any atom is -0.457 e. The van der Waals surface area contributed by atoms with Crippen LogP contribution in [-0.2, 0) is 21.4 Å². The van der Waals surface area contributed by atoms with Crippen molar-refractivity contribution >= 4 is 23.6 Å². The number of aryl methyl sites for hydroxylation is 3. The number of hydrogen-bond donors (Lipinski definition) is 0. The van der Waals surface area contributed by atoms with E-state index >= 15 is 0 Å². The third-order valence-corrected chi connectivity index (χ3v) is 13.1. The Morgan fingerprint density at radius 2 is 0.753 bits per heavy atom. The zero-order chi connectivity index (χ0) is 59.4. The number of allylic oxidation sites excluding steroid dienone is 2. The second-order valence-electron chi connectivity index (χ2n) is 19.9. The minimum atomic E-state index is -0.134. The van der Waals surface area contributed by atoms with Crippen LogP contribution in [0.15, 0.2) is 243 Å². The Bertz CT molecular complexity index is 2720. The van der Waals surface area contributed by atoms with Crippen molar-refractivity contribution in [2.45, 2.75) is 121 Å². The van der Waals surface area contributed by atoms with Crippen LogP contribution in [0.2, 0.25) is 0 Å². The Hall–Kier alpha value is -8.02. The molecular weight excluding hydrogens is 991 g/mol. The summed E-state index contributed by atoms with van der Waals surface area (Å²) in [4.78, 5) is 26.3. The molecule has 4 unspecified atom stereocenters. The molecule has 8 aromatic carbocycles. The number of nitrogens with zero attached hydrogens (tertiary/aromatic N) is 1. The molecular formula is C76H93NO4. The molecule has 8 aromatic rings. The molecule has 11 rings (SSSR count). The molecule has 2 aliphatic carbocycles. The highest BCUT2D eigenvalue weighted by molar-refractivity contribution is 6.22. The minimum absolute atomic E-state index is 0.00644. The fourth-order valence-electron chi connectivity index (χ4n) is 8.92. The van der Waals surface area contributed by atoms with Crippen LogP contribution in [-0.4, -0.2) is 11.8 Å². The Kier molecular flexibility index (Phi) is 31.4. The number of ether oxygens (including phenoxy) is 2. The molecule has 0 N–H and O–H groups in total. The van der Waals surface area contributed by atoms with E-state index < -0.39 is 0 Å². The third-order valence-electron chi connectivity index (χ3n) is 13.1. The van der Waals surface area contributed by atoms with Crippen molar-refractivity contribution in [2.75, 3.05) is 4.90 Å². The lowest BCUT2D eigenvalue weighted by atomic mass is 9.78. The molecule has 1 heterocycles. The van der Waals surface area contributed by atoms with Crippen molar-refractivity contribution in [3.63, 3.8) is 0 Å². The van der Waals surface area contributed by atoms with Gasteiger partial charge in [0.05, 0.1) is 17.5 Å². The number of benzene rings is 8. The first kappa shape index (κ1) is 67.3. The number of anilines is 1. The first-order valence-electron chi connectivity index (χ1n) is 29.4. The smallest absolute Gasteiger partial charge is 0.238 e. The van der Waals surface area contributed by atoms with E-state index in [1.807, 2.05) is 185 Å². The summed E-state index contributed by atoms with van der Waals surface area (Å²) in [6.07, 6.45) is 10.7. The fourth-order valence-corrected chi connectivity index (χ4v) is 8.92. The van der Waals surface area contributed by atoms with E-state index in [0.29, 0.717) is 5.69 Å². The summed E-state index contributed by atoms with van der Waals surface area (Å²) in [5.41, 5.74) is 8.06. The van der Waals surface area contributed by atoms with Crippen molar-refractivity contribution in [1.29, 1.82) is 0 Å². The average molecular weight is 1080 g/mol. The normalized spacial score (nSPS) is 15.3. The van der Waals surface area contributed by atoms with Gasteiger partial charge in [-0.1, -0.05) is 289 Å². The van der Waals surface area contributed by atoms with Gasteiger partial charge in [0.15, 0.2) is 0 Å². The van der Waals surface area contributed by atoms with Crippen LogP contribution < -0.4 is 14.4 Å². The van der Waals surface area contributed by atoms with Gasteiger partial charge >= 0.3 is 0 Å². The van der Waals surface area contributed by atoms with E-state index in [1.54, 1.807) is 0 Å². The molecule has 2 fully saturated rings. The van der Waals surface area contributed by atoms with Gasteiger partial charge in [0.25, 0.3) is 0 Å². The summed E-state index contributed by atoms with van der Waals surface area (Å²) >= 11 is 0. The topological polar surface area (TPSA) is 55.8 Å². The van der Waals surface area contributed by atoms with E-state index in [4.69, 9.17) is 9.47 Å². The van der Waals surface area contributed by atoms with Gasteiger partial charge in [0.1, 0.15) is 23.0 Å². The molecule has 3 aliphatic rings. The van der Waals surface area contributed by atoms with Crippen LogP contribution in [0.1, 0.15) is 129 Å². The Morgan fingerprint density at radius 1 is 0.457 bits per heavy atom. The van der Waals surface area contributed by atoms with Crippen LogP contribution in [0.4, 0.5) is 5.69 Å². The maximum absolute atomic E-state index is 12.5. The molecule has 4 atom stereocenters. The lowest BCUT2D eigenvalue weighted by molar-refractivity contribution is -0.123. The summed E-state index contributed by atoms with van der Waals surface area (Å²) < 4.78 is 11.9. The van der Waals surface area contributed by atoms with Gasteiger partial charge in [-0.2, -0.15) is 0 Å². The number of amides is 2. The molecule has 426 valence electrons. The Labute approximate surface area is 489 Å². The zero-order valence-electron chi connectivity index (χ0n) is 51.0. The highest BCUT2D eigenvalue weighted by Gasteiger charge is 2.59. The molecule has 2 amide bonds. The van der Waals surface area contributed by atoms with E-state index in [9.17, 15) is 9.59 Å². The lowest BCUT2D eigenvalue weighted by Crippen LogP contribution is -2.32. The molecule has 1 saturated heterocycles. The summed E-state index contributed by atoms with van der Waals surface area (Å²) in [6, 6.07) is 74.6. The zero-order valence-corrected chi connectivity index (χ0v) is 51.0. The van der Waals surface area contributed by atoms with E-state index in [0.717, 1.165) is 35.8 Å². The third kappa shape index (κ3) is 21.9. The predicted octanol–water partition coefficient (Wildman–Crippen LogP) is 21.4. The molecule has 2 bridgehead atoms. The van der Waals surface area contributed by atoms with Crippen molar-refractivity contribution < 1.29 is 19.1 Å². The molecule has 5 nitrogen and oxygen atoms in total. The fraction of sp³-hybridized carbons (Fsp3) is 0.289. The first-order chi connectivity index (χ1) is 39.4. The molecule has 1 aliphatic heterocycles. The second kappa shape index (κ2) is 37.8. The Morgan fingerprint density at radius 3 is 1.05 bits per heavy atom. The lowest BCUT2D eigenvalue weighted by Gasteiger charge is -2.26. The number of carbonyl (C=O) groups excluding carboxylic acids is 2. The molecule has 0 radical (unpaired) electrons. The van der Waals surface area contributed by atoms with Gasteiger partial charge in [-0.3, -0.25) is 14.5 Å². The first-order valence-corrected chi connectivity index (χ1v) is 29.4. The van der Waals surface area contributed by atoms with Crippen LogP contribution in [0, 0.1) is 37.5 Å². The van der Waals surface area contributed by atoms with Crippen LogP contribution in [0.5, 0.6) is 23.0 Å². The number of hydrogen-bond acceptors (Lipinski definition) is 4. The van der Waals surface area contributed by atoms with Crippen LogP contribution in [0.3, 0.4) is 0 Å². The number of rotatable bonds is 9. The molecule has 0 spiro atoms. The van der Waals surface area contributed by atoms with Gasteiger partial charge in [-0.05, 0) is 121 Å². The van der Waals surface area contributed by atoms with Gasteiger partial charge in [0.2, 0.25) is 11.8 Å². The quantitative estimate of drug-likeness (QED) is 0.107. The molecule has 81 heavy (non-hydrogen) atoms. The number of carbonyl (C=O) groups is 2. The largest absolute Gasteiger partial charge is 0.457 e. The van der Waals surface area contributed by atoms with Gasteiger partial charge in [0, 0.05) is 5.41 Å². The van der Waals surface area contributed by atoms with Crippen LogP contribution in [0.25, 0.3) is 6.08 Å². The standard InChI is InChI=1S/C29H28O2.C15H13NO2.C10H12.2C6H6.2C3H8.2C2H6/c1-21-5-13-25(14-6-21)30-27-17-9-23(10-18-27)29(3,4)24-11-19-28(20-12-24)31-26-15-7-22(2)8-16-26;17-14-12-9-6-7-10(8-9)13(12)15(18)16(14)11-4-2-1-3-5-11;1-3-9-5-7-10(4-2)8-6-9;2*1-2-4-6-5-3-1;2*1-3-2;2*1-2/h5-20H,1-4H3;1-7,9-10,12-13H,8H2;3,5-8H,1,4H2,2H3;2*1-6H;2*3H2,1-2H3;2*1-2H3. The van der Waals surface area contributed by atoms with Crippen molar-refractivity contribution in [2.24, 2.45) is 23.7 Å². The van der Waals surface area contributed by atoms with E-state index in [1.165, 1.54) is 51.1 Å². The molecule has 5 heteroatoms. The SMILES string of the molecule is C=Cc1ccc(CC)cc1.CC.CC.CCC.CCC.Cc1ccc(Oc2ccc(C(C)(C)c3ccc(Oc4ccc(C)cc4)cc3)cc2)cc1.O=C1C2C3C=CC(C3)C2C(=O)N1c1ccccc1.c1ccccc1.c1ccccc1. The highest BCUT2D eigenvalue weighted by Crippen LogP contribution is 2.53. The van der Waals surface area contributed by atoms with Crippen molar-refractivity contribution in [1.82, 2.24) is 0 Å². The van der Waals surface area contributed by atoms with E-state index in [2.05, 4.69) is 154 Å². The number of para-hydroxylation sites is 1. The van der Waals surface area contributed by atoms with Crippen LogP contribution >= 0.6 is 0 Å². The summed E-state index contributed by atoms with van der Waals surface area (Å²) in [5.74, 6) is 3.72. The summed E-state index contributed by atoms with van der Waals surface area (Å²) in [5, 5.41) is 0. The number of imide groups is 1. The van der Waals surface area contributed by atoms with Gasteiger partial charge in [-0.25, -0.2) is 0 Å². The summed E-state index contributed by atoms with van der Waals surface area (Å²) in [6.45, 7) is 31.0. The maximum atomic E-state index is 12.5. The maximum Gasteiger partial charge on any atom is 0.238 e. The predicted molar refractivity (Wildman–Crippen MR) is 348 cm³/mol. The average Bonchev–Trinajstić information content (AvgIpc) is 4.40.